The second-order valence-corrected chi connectivity index (χ2v) is 7.53. The van der Waals surface area contributed by atoms with Gasteiger partial charge in [0.05, 0.1) is 18.7 Å². The molecule has 0 aliphatic heterocycles. The summed E-state index contributed by atoms with van der Waals surface area (Å²) < 4.78 is 10.8. The van der Waals surface area contributed by atoms with Crippen LogP contribution < -0.4 is 16.0 Å². The van der Waals surface area contributed by atoms with Crippen molar-refractivity contribution in [3.8, 4) is 5.75 Å². The lowest BCUT2D eigenvalue weighted by atomic mass is 9.87. The number of nitrogens with two attached hydrogens (primary N) is 1. The summed E-state index contributed by atoms with van der Waals surface area (Å²) >= 11 is 6.16. The third-order valence-corrected chi connectivity index (χ3v) is 5.28. The number of aromatic nitrogens is 2. The van der Waals surface area contributed by atoms with Crippen molar-refractivity contribution in [2.24, 2.45) is 5.73 Å². The van der Waals surface area contributed by atoms with Gasteiger partial charge >= 0.3 is 5.97 Å². The molecule has 0 aliphatic carbocycles. The van der Waals surface area contributed by atoms with Gasteiger partial charge in [0.2, 0.25) is 5.91 Å². The summed E-state index contributed by atoms with van der Waals surface area (Å²) in [6.45, 7) is 2.22. The Morgan fingerprint density at radius 1 is 1.09 bits per heavy atom. The number of rotatable bonds is 10. The van der Waals surface area contributed by atoms with Crippen LogP contribution in [0.4, 0.5) is 0 Å². The molecule has 1 aromatic heterocycles. The second kappa shape index (κ2) is 10.7. The van der Waals surface area contributed by atoms with Crippen LogP contribution in [0.3, 0.4) is 0 Å². The predicted octanol–water partition coefficient (Wildman–Crippen LogP) is 3.05. The van der Waals surface area contributed by atoms with E-state index in [4.69, 9.17) is 26.8 Å². The van der Waals surface area contributed by atoms with Gasteiger partial charge in [-0.05, 0) is 30.7 Å². The fourth-order valence-corrected chi connectivity index (χ4v) is 3.62. The SMILES string of the molecule is CCOC(=O)Cc1[nH][nH]c(=O)c1C(CC(N)=O)c1ccc(OCc2ccccc2Cl)cc1. The van der Waals surface area contributed by atoms with E-state index in [1.807, 2.05) is 18.2 Å². The lowest BCUT2D eigenvalue weighted by molar-refractivity contribution is -0.142. The molecule has 32 heavy (non-hydrogen) atoms. The zero-order valence-electron chi connectivity index (χ0n) is 17.5. The number of carbonyl (C=O) groups excluding carboxylic acids is 2. The molecule has 0 bridgehead atoms. The van der Waals surface area contributed by atoms with E-state index in [2.05, 4.69) is 10.2 Å². The summed E-state index contributed by atoms with van der Waals surface area (Å²) in [6.07, 6.45) is -0.229. The molecule has 0 spiro atoms. The van der Waals surface area contributed by atoms with E-state index in [0.29, 0.717) is 28.6 Å². The van der Waals surface area contributed by atoms with E-state index < -0.39 is 23.4 Å². The zero-order chi connectivity index (χ0) is 23.1. The number of hydrogen-bond donors (Lipinski definition) is 3. The number of amides is 1. The quantitative estimate of drug-likeness (QED) is 0.403. The molecule has 3 rings (SSSR count). The van der Waals surface area contributed by atoms with Gasteiger partial charge in [0.1, 0.15) is 12.4 Å². The van der Waals surface area contributed by atoms with Crippen LogP contribution in [0, 0.1) is 0 Å². The minimum Gasteiger partial charge on any atom is -0.489 e. The van der Waals surface area contributed by atoms with Crippen LogP contribution in [0.25, 0.3) is 0 Å². The Bertz CT molecular complexity index is 1140. The van der Waals surface area contributed by atoms with Gasteiger partial charge in [-0.2, -0.15) is 0 Å². The molecule has 1 amide bonds. The van der Waals surface area contributed by atoms with Gasteiger partial charge < -0.3 is 20.3 Å². The number of primary amides is 1. The normalized spacial score (nSPS) is 11.7. The van der Waals surface area contributed by atoms with Crippen molar-refractivity contribution in [2.75, 3.05) is 6.61 Å². The van der Waals surface area contributed by atoms with Gasteiger partial charge in [0, 0.05) is 28.5 Å². The smallest absolute Gasteiger partial charge is 0.311 e. The van der Waals surface area contributed by atoms with Crippen LogP contribution in [0.5, 0.6) is 5.75 Å². The number of aromatic amines is 2. The van der Waals surface area contributed by atoms with Crippen LogP contribution in [0.1, 0.15) is 41.6 Å². The van der Waals surface area contributed by atoms with Crippen LogP contribution in [-0.2, 0) is 27.4 Å². The minimum absolute atomic E-state index is 0.101. The van der Waals surface area contributed by atoms with E-state index in [9.17, 15) is 14.4 Å². The van der Waals surface area contributed by atoms with Crippen molar-refractivity contribution < 1.29 is 19.1 Å². The third-order valence-electron chi connectivity index (χ3n) is 4.91. The number of ether oxygens (including phenoxy) is 2. The van der Waals surface area contributed by atoms with Crippen LogP contribution in [0.15, 0.2) is 53.3 Å². The molecule has 2 aromatic carbocycles. The summed E-state index contributed by atoms with van der Waals surface area (Å²) in [7, 11) is 0. The highest BCUT2D eigenvalue weighted by Crippen LogP contribution is 2.29. The average molecular weight is 458 g/mol. The Kier molecular flexibility index (Phi) is 7.72. The van der Waals surface area contributed by atoms with E-state index in [-0.39, 0.29) is 25.0 Å². The summed E-state index contributed by atoms with van der Waals surface area (Å²) in [5.41, 5.74) is 7.21. The van der Waals surface area contributed by atoms with E-state index in [1.165, 1.54) is 0 Å². The Balaban J connectivity index is 1.83. The summed E-state index contributed by atoms with van der Waals surface area (Å²) in [5, 5.41) is 5.82. The Labute approximate surface area is 189 Å². The third kappa shape index (κ3) is 5.79. The summed E-state index contributed by atoms with van der Waals surface area (Å²) in [4.78, 5) is 36.2. The molecular weight excluding hydrogens is 434 g/mol. The Morgan fingerprint density at radius 3 is 2.47 bits per heavy atom. The first-order valence-electron chi connectivity index (χ1n) is 10.1. The van der Waals surface area contributed by atoms with Gasteiger partial charge in [-0.25, -0.2) is 0 Å². The number of hydrogen-bond acceptors (Lipinski definition) is 5. The average Bonchev–Trinajstić information content (AvgIpc) is 3.11. The Morgan fingerprint density at radius 2 is 1.81 bits per heavy atom. The fourth-order valence-electron chi connectivity index (χ4n) is 3.43. The number of carbonyl (C=O) groups is 2. The highest BCUT2D eigenvalue weighted by Gasteiger charge is 2.26. The number of halogens is 1. The van der Waals surface area contributed by atoms with Gasteiger partial charge in [-0.1, -0.05) is 41.9 Å². The Hall–Kier alpha value is -3.52. The molecule has 168 valence electrons. The predicted molar refractivity (Wildman–Crippen MR) is 120 cm³/mol. The summed E-state index contributed by atoms with van der Waals surface area (Å²) in [6, 6.07) is 14.4. The molecule has 1 atom stereocenters. The molecule has 8 nitrogen and oxygen atoms in total. The lowest BCUT2D eigenvalue weighted by Crippen LogP contribution is -2.21. The zero-order valence-corrected chi connectivity index (χ0v) is 18.3. The second-order valence-electron chi connectivity index (χ2n) is 7.13. The van der Waals surface area contributed by atoms with Crippen LogP contribution in [-0.4, -0.2) is 28.7 Å². The first-order valence-corrected chi connectivity index (χ1v) is 10.5. The van der Waals surface area contributed by atoms with Gasteiger partial charge in [0.25, 0.3) is 5.56 Å². The molecular formula is C23H24ClN3O5. The maximum absolute atomic E-state index is 12.5. The molecule has 9 heteroatoms. The van der Waals surface area contributed by atoms with E-state index in [1.54, 1.807) is 37.3 Å². The van der Waals surface area contributed by atoms with Gasteiger partial charge in [-0.3, -0.25) is 19.5 Å². The van der Waals surface area contributed by atoms with Crippen molar-refractivity contribution in [3.63, 3.8) is 0 Å². The molecule has 0 radical (unpaired) electrons. The molecule has 4 N–H and O–H groups in total. The molecule has 0 saturated heterocycles. The van der Waals surface area contributed by atoms with Crippen molar-refractivity contribution in [1.29, 1.82) is 0 Å². The van der Waals surface area contributed by atoms with Crippen LogP contribution >= 0.6 is 11.6 Å². The van der Waals surface area contributed by atoms with Crippen molar-refractivity contribution in [1.82, 2.24) is 10.2 Å². The monoisotopic (exact) mass is 457 g/mol. The number of H-pyrrole nitrogens is 2. The van der Waals surface area contributed by atoms with Gasteiger partial charge in [-0.15, -0.1) is 0 Å². The van der Waals surface area contributed by atoms with E-state index >= 15 is 0 Å². The maximum Gasteiger partial charge on any atom is 0.311 e. The van der Waals surface area contributed by atoms with Gasteiger partial charge in [0.15, 0.2) is 0 Å². The topological polar surface area (TPSA) is 127 Å². The van der Waals surface area contributed by atoms with E-state index in [0.717, 1.165) is 5.56 Å². The van der Waals surface area contributed by atoms with Crippen molar-refractivity contribution in [2.45, 2.75) is 32.3 Å². The minimum atomic E-state index is -0.635. The molecule has 0 aliphatic rings. The lowest BCUT2D eigenvalue weighted by Gasteiger charge is -2.16. The molecule has 0 fully saturated rings. The fraction of sp³-hybridized carbons (Fsp3) is 0.261. The highest BCUT2D eigenvalue weighted by molar-refractivity contribution is 6.31. The molecule has 3 aromatic rings. The highest BCUT2D eigenvalue weighted by atomic mass is 35.5. The van der Waals surface area contributed by atoms with Crippen molar-refractivity contribution >= 4 is 23.5 Å². The van der Waals surface area contributed by atoms with Crippen molar-refractivity contribution in [3.05, 3.63) is 86.3 Å². The molecule has 1 heterocycles. The molecule has 1 unspecified atom stereocenters. The maximum atomic E-state index is 12.5. The first kappa shape index (κ1) is 23.1. The molecule has 0 saturated carbocycles. The number of benzene rings is 2. The first-order chi connectivity index (χ1) is 15.4. The number of nitrogens with one attached hydrogen (secondary N) is 2. The number of esters is 1. The summed E-state index contributed by atoms with van der Waals surface area (Å²) in [5.74, 6) is -1.09. The standard InChI is InChI=1S/C23H24ClN3O5/c1-2-31-21(29)12-19-22(23(30)27-26-19)17(11-20(25)28)14-7-9-16(10-8-14)32-13-15-5-3-4-6-18(15)24/h3-10,17H,2,11-13H2,1H3,(H2,25,28)(H2,26,27,30). The van der Waals surface area contributed by atoms with Crippen LogP contribution in [0.2, 0.25) is 5.02 Å². The largest absolute Gasteiger partial charge is 0.489 e.